The fraction of sp³-hybridized carbons (Fsp3) is 0.500. The lowest BCUT2D eigenvalue weighted by atomic mass is 10.1. The number of carbonyl (C=O) groups excluding carboxylic acids is 1. The molecule has 1 aromatic heterocycles. The largest absolute Gasteiger partial charge is 0.489 e. The van der Waals surface area contributed by atoms with Crippen molar-refractivity contribution in [3.63, 3.8) is 0 Å². The molecule has 0 aliphatic carbocycles. The van der Waals surface area contributed by atoms with Crippen LogP contribution >= 0.6 is 0 Å². The second kappa shape index (κ2) is 27.2. The zero-order valence-electron chi connectivity index (χ0n) is 35.1. The molecule has 0 radical (unpaired) electrons. The van der Waals surface area contributed by atoms with Crippen LogP contribution in [0.15, 0.2) is 89.8 Å². The van der Waals surface area contributed by atoms with Crippen molar-refractivity contribution in [2.45, 2.75) is 122 Å². The third-order valence-electron chi connectivity index (χ3n) is 8.16. The Labute approximate surface area is 323 Å². The summed E-state index contributed by atoms with van der Waals surface area (Å²) < 4.78 is 12.4. The van der Waals surface area contributed by atoms with Gasteiger partial charge in [0.05, 0.1) is 6.61 Å². The van der Waals surface area contributed by atoms with Crippen molar-refractivity contribution in [3.8, 4) is 11.5 Å². The van der Waals surface area contributed by atoms with Crippen molar-refractivity contribution >= 4 is 23.1 Å². The predicted octanol–water partition coefficient (Wildman–Crippen LogP) is 12.5. The molecule has 3 rings (SSSR count). The van der Waals surface area contributed by atoms with Gasteiger partial charge in [0.25, 0.3) is 0 Å². The monoisotopic (exact) mass is 727 g/mol. The Bertz CT molecular complexity index is 1550. The van der Waals surface area contributed by atoms with Crippen molar-refractivity contribution in [2.24, 2.45) is 16.8 Å². The Hall–Kier alpha value is -4.39. The zero-order chi connectivity index (χ0) is 39.6. The van der Waals surface area contributed by atoms with Gasteiger partial charge in [0.1, 0.15) is 17.2 Å². The number of allylic oxidation sites excluding steroid dienone is 8. The highest BCUT2D eigenvalue weighted by Gasteiger charge is 2.24. The van der Waals surface area contributed by atoms with Crippen LogP contribution in [0.4, 0.5) is 11.5 Å². The molecule has 1 atom stereocenters. The molecular formula is C46H70N4O3. The fourth-order valence-electron chi connectivity index (χ4n) is 4.77. The Balaban J connectivity index is 0.00000101. The van der Waals surface area contributed by atoms with Gasteiger partial charge in [-0.2, -0.15) is 0 Å². The predicted molar refractivity (Wildman–Crippen MR) is 230 cm³/mol. The molecule has 0 fully saturated rings. The lowest BCUT2D eigenvalue weighted by Crippen LogP contribution is -2.30. The Kier molecular flexibility index (Phi) is 24.0. The number of aryl methyl sites for hydroxylation is 2. The summed E-state index contributed by atoms with van der Waals surface area (Å²) in [6.45, 7) is 27.6. The fourth-order valence-corrected chi connectivity index (χ4v) is 4.77. The van der Waals surface area contributed by atoms with Gasteiger partial charge in [-0.05, 0) is 113 Å². The molecule has 0 amide bonds. The molecule has 292 valence electrons. The number of ether oxygens (including phenoxy) is 2. The Morgan fingerprint density at radius 2 is 1.72 bits per heavy atom. The second-order valence-electron chi connectivity index (χ2n) is 13.8. The number of aliphatic imine (C=N–C) groups is 1. The van der Waals surface area contributed by atoms with Crippen LogP contribution in [0.5, 0.6) is 11.5 Å². The number of aromatic nitrogens is 1. The Morgan fingerprint density at radius 1 is 1.02 bits per heavy atom. The van der Waals surface area contributed by atoms with Crippen molar-refractivity contribution in [2.75, 3.05) is 29.9 Å². The van der Waals surface area contributed by atoms with Gasteiger partial charge in [-0.25, -0.2) is 9.98 Å². The number of benzene rings is 1. The molecule has 53 heavy (non-hydrogen) atoms. The van der Waals surface area contributed by atoms with Gasteiger partial charge in [-0.3, -0.25) is 4.79 Å². The van der Waals surface area contributed by atoms with E-state index in [1.165, 1.54) is 6.42 Å². The van der Waals surface area contributed by atoms with Gasteiger partial charge in [0.15, 0.2) is 23.2 Å². The van der Waals surface area contributed by atoms with Crippen LogP contribution in [0.3, 0.4) is 0 Å². The molecule has 7 heteroatoms. The number of hydrogen-bond acceptors (Lipinski definition) is 6. The average molecular weight is 727 g/mol. The van der Waals surface area contributed by atoms with E-state index in [2.05, 4.69) is 90.7 Å². The van der Waals surface area contributed by atoms with E-state index in [1.54, 1.807) is 13.0 Å². The normalized spacial score (nSPS) is 14.9. The van der Waals surface area contributed by atoms with Gasteiger partial charge in [-0.1, -0.05) is 98.6 Å². The number of ketones is 1. The van der Waals surface area contributed by atoms with Gasteiger partial charge >= 0.3 is 0 Å². The highest BCUT2D eigenvalue weighted by molar-refractivity contribution is 6.08. The average Bonchev–Trinajstić information content (AvgIpc) is 3.29. The zero-order valence-corrected chi connectivity index (χ0v) is 35.1. The van der Waals surface area contributed by atoms with E-state index in [1.807, 2.05) is 68.6 Å². The van der Waals surface area contributed by atoms with Crippen molar-refractivity contribution in [1.82, 2.24) is 4.98 Å². The number of rotatable bonds is 15. The lowest BCUT2D eigenvalue weighted by Gasteiger charge is -2.25. The molecule has 0 bridgehead atoms. The standard InChI is InChI=1S/C35H48N4O2.C6H10O.C5H12/c1-8-12-15-16-17-30(11-4)41-31-19-18-29(22-27(31)6)37-34(36-20-13-9-2)33-28(7)23-32-35(38-33)39(21-14-10-3)24-26(5)25-40-32;1-3-4-5-6(2)7;1-4-5(2)3/h11-13,15-20,22-23,26H,8-10,14,21,24-25H2,1-7H3,(H,36,37);4-5H,3H2,1-2H3;5H,4H2,1-3H3/b15-12+,17-16-,20-13+,30-11+;5-4+;. The summed E-state index contributed by atoms with van der Waals surface area (Å²) >= 11 is 0. The molecule has 7 nitrogen and oxygen atoms in total. The molecule has 1 unspecified atom stereocenters. The third kappa shape index (κ3) is 18.8. The van der Waals surface area contributed by atoms with Crippen molar-refractivity contribution < 1.29 is 14.3 Å². The maximum absolute atomic E-state index is 10.1. The number of amidine groups is 1. The molecule has 2 aromatic rings. The van der Waals surface area contributed by atoms with Crippen molar-refractivity contribution in [3.05, 3.63) is 102 Å². The maximum atomic E-state index is 10.1. The second-order valence-corrected chi connectivity index (χ2v) is 13.8. The first-order valence-corrected chi connectivity index (χ1v) is 19.8. The quantitative estimate of drug-likeness (QED) is 0.0647. The Morgan fingerprint density at radius 3 is 2.28 bits per heavy atom. The van der Waals surface area contributed by atoms with E-state index >= 15 is 0 Å². The highest BCUT2D eigenvalue weighted by Crippen LogP contribution is 2.33. The minimum Gasteiger partial charge on any atom is -0.489 e. The van der Waals surface area contributed by atoms with Crippen LogP contribution < -0.4 is 19.7 Å². The van der Waals surface area contributed by atoms with Gasteiger partial charge in [-0.15, -0.1) is 0 Å². The number of hydrogen-bond donors (Lipinski definition) is 1. The SMILES string of the molecule is CC/C=C/C(C)=O.CCC(C)C.C\C=C(/C=C\C=C\CC)Oc1ccc(NC(=N/C=C/CC)c2nc3c(cc2C)OCC(C)CN3CCCC)cc1C. The first-order chi connectivity index (χ1) is 25.4. The van der Waals surface area contributed by atoms with E-state index in [-0.39, 0.29) is 5.78 Å². The summed E-state index contributed by atoms with van der Waals surface area (Å²) in [6, 6.07) is 8.21. The van der Waals surface area contributed by atoms with Crippen LogP contribution in [-0.4, -0.2) is 36.3 Å². The minimum atomic E-state index is 0.127. The summed E-state index contributed by atoms with van der Waals surface area (Å²) in [5.41, 5.74) is 3.78. The van der Waals surface area contributed by atoms with Gasteiger partial charge in [0, 0.05) is 30.9 Å². The molecule has 0 spiro atoms. The number of carbonyl (C=O) groups is 1. The van der Waals surface area contributed by atoms with Crippen LogP contribution in [0.1, 0.15) is 125 Å². The molecule has 2 heterocycles. The van der Waals surface area contributed by atoms with Crippen molar-refractivity contribution in [1.29, 1.82) is 0 Å². The number of fused-ring (bicyclic) bond motifs is 1. The van der Waals surface area contributed by atoms with E-state index in [4.69, 9.17) is 19.5 Å². The molecule has 1 N–H and O–H groups in total. The summed E-state index contributed by atoms with van der Waals surface area (Å²) in [5.74, 6) is 5.51. The molecule has 0 saturated carbocycles. The number of anilines is 2. The van der Waals surface area contributed by atoms with E-state index < -0.39 is 0 Å². The number of unbranched alkanes of at least 4 members (excludes halogenated alkanes) is 1. The summed E-state index contributed by atoms with van der Waals surface area (Å²) in [6.07, 6.45) is 23.8. The molecular weight excluding hydrogens is 657 g/mol. The third-order valence-corrected chi connectivity index (χ3v) is 8.16. The molecule has 1 aliphatic rings. The summed E-state index contributed by atoms with van der Waals surface area (Å²) in [7, 11) is 0. The van der Waals surface area contributed by atoms with E-state index in [9.17, 15) is 4.79 Å². The van der Waals surface area contributed by atoms with Crippen LogP contribution in [0.2, 0.25) is 0 Å². The minimum absolute atomic E-state index is 0.127. The van der Waals surface area contributed by atoms with Gasteiger partial charge in [0.2, 0.25) is 0 Å². The molecule has 1 aromatic carbocycles. The molecule has 1 aliphatic heterocycles. The summed E-state index contributed by atoms with van der Waals surface area (Å²) in [5, 5.41) is 3.55. The van der Waals surface area contributed by atoms with Crippen LogP contribution in [0.25, 0.3) is 0 Å². The summed E-state index contributed by atoms with van der Waals surface area (Å²) in [4.78, 5) is 22.5. The number of pyridine rings is 1. The topological polar surface area (TPSA) is 76.0 Å². The van der Waals surface area contributed by atoms with Crippen LogP contribution in [0, 0.1) is 25.7 Å². The first kappa shape index (κ1) is 46.6. The van der Waals surface area contributed by atoms with Crippen LogP contribution in [-0.2, 0) is 4.79 Å². The van der Waals surface area contributed by atoms with E-state index in [0.717, 1.165) is 96.7 Å². The maximum Gasteiger partial charge on any atom is 0.172 e. The molecule has 0 saturated heterocycles. The first-order valence-electron chi connectivity index (χ1n) is 19.8. The lowest BCUT2D eigenvalue weighted by molar-refractivity contribution is -0.112. The highest BCUT2D eigenvalue weighted by atomic mass is 16.5. The smallest absolute Gasteiger partial charge is 0.172 e. The number of nitrogens with zero attached hydrogens (tertiary/aromatic N) is 3. The number of nitrogens with one attached hydrogen (secondary N) is 1. The van der Waals surface area contributed by atoms with E-state index in [0.29, 0.717) is 18.4 Å². The van der Waals surface area contributed by atoms with Gasteiger partial charge < -0.3 is 19.7 Å².